The quantitative estimate of drug-likeness (QED) is 0.734. The lowest BCUT2D eigenvalue weighted by molar-refractivity contribution is 0.600. The summed E-state index contributed by atoms with van der Waals surface area (Å²) >= 11 is 0. The second kappa shape index (κ2) is 4.83. The summed E-state index contributed by atoms with van der Waals surface area (Å²) in [5.74, 6) is 0. The van der Waals surface area contributed by atoms with Gasteiger partial charge < -0.3 is 10.3 Å². The number of aromatic nitrogens is 3. The number of rotatable bonds is 5. The predicted molar refractivity (Wildman–Crippen MR) is 67.4 cm³/mol. The van der Waals surface area contributed by atoms with Gasteiger partial charge in [0.1, 0.15) is 4.90 Å². The molecule has 0 saturated carbocycles. The lowest BCUT2D eigenvalue weighted by atomic mass is 10.4. The molecule has 0 aliphatic rings. The molecule has 0 spiro atoms. The molecule has 2 aromatic rings. The van der Waals surface area contributed by atoms with Crippen molar-refractivity contribution in [1.29, 1.82) is 0 Å². The average Bonchev–Trinajstić information content (AvgIpc) is 2.96. The lowest BCUT2D eigenvalue weighted by Gasteiger charge is -2.02. The first-order valence-electron chi connectivity index (χ1n) is 5.47. The molecular weight excluding hydrogens is 254 g/mol. The van der Waals surface area contributed by atoms with Crippen molar-refractivity contribution < 1.29 is 8.42 Å². The van der Waals surface area contributed by atoms with Gasteiger partial charge in [-0.2, -0.15) is 5.10 Å². The highest BCUT2D eigenvalue weighted by atomic mass is 32.2. The van der Waals surface area contributed by atoms with Crippen LogP contribution in [0.4, 0.5) is 5.69 Å². The summed E-state index contributed by atoms with van der Waals surface area (Å²) in [5, 5.41) is 6.22. The number of anilines is 1. The van der Waals surface area contributed by atoms with E-state index in [9.17, 15) is 8.42 Å². The Kier molecular flexibility index (Phi) is 3.39. The Morgan fingerprint density at radius 3 is 2.83 bits per heavy atom. The zero-order chi connectivity index (χ0) is 13.2. The molecule has 4 N–H and O–H groups in total. The van der Waals surface area contributed by atoms with Gasteiger partial charge in [0.2, 0.25) is 0 Å². The van der Waals surface area contributed by atoms with E-state index in [1.54, 1.807) is 12.3 Å². The van der Waals surface area contributed by atoms with E-state index in [1.165, 1.54) is 12.4 Å². The minimum absolute atomic E-state index is 0.200. The van der Waals surface area contributed by atoms with Gasteiger partial charge in [-0.05, 0) is 13.0 Å². The number of sulfonamides is 1. The molecule has 0 unspecified atom stereocenters. The highest BCUT2D eigenvalue weighted by molar-refractivity contribution is 7.92. The Balaban J connectivity index is 2.32. The topological polar surface area (TPSA) is 106 Å². The van der Waals surface area contributed by atoms with Gasteiger partial charge in [0.05, 0.1) is 11.9 Å². The number of nitrogens with zero attached hydrogens (tertiary/aromatic N) is 2. The molecule has 0 aromatic carbocycles. The second-order valence-corrected chi connectivity index (χ2v) is 5.43. The van der Waals surface area contributed by atoms with Crippen LogP contribution in [0.3, 0.4) is 0 Å². The van der Waals surface area contributed by atoms with Crippen LogP contribution in [0.1, 0.15) is 12.6 Å². The van der Waals surface area contributed by atoms with Crippen LogP contribution in [0.2, 0.25) is 0 Å². The average molecular weight is 269 g/mol. The smallest absolute Gasteiger partial charge is 0.263 e. The van der Waals surface area contributed by atoms with E-state index >= 15 is 0 Å². The molecule has 0 aliphatic carbocycles. The van der Waals surface area contributed by atoms with Gasteiger partial charge in [-0.3, -0.25) is 9.82 Å². The number of hydrogen-bond acceptors (Lipinski definition) is 4. The fourth-order valence-electron chi connectivity index (χ4n) is 1.66. The van der Waals surface area contributed by atoms with Crippen molar-refractivity contribution in [3.8, 4) is 0 Å². The number of aryl methyl sites for hydroxylation is 1. The number of nitrogens with two attached hydrogens (primary N) is 1. The summed E-state index contributed by atoms with van der Waals surface area (Å²) < 4.78 is 28.4. The Bertz CT molecular complexity index is 593. The molecule has 2 heterocycles. The molecule has 8 heteroatoms. The maximum absolute atomic E-state index is 12.1. The van der Waals surface area contributed by atoms with E-state index in [2.05, 4.69) is 14.9 Å². The summed E-state index contributed by atoms with van der Waals surface area (Å²) in [5.41, 5.74) is 6.75. The predicted octanol–water partition coefficient (Wildman–Crippen LogP) is 0.491. The molecule has 0 amide bonds. The van der Waals surface area contributed by atoms with Gasteiger partial charge in [-0.25, -0.2) is 8.42 Å². The molecule has 0 saturated heterocycles. The molecule has 0 fully saturated rings. The van der Waals surface area contributed by atoms with Gasteiger partial charge in [0.25, 0.3) is 10.0 Å². The van der Waals surface area contributed by atoms with Crippen molar-refractivity contribution in [1.82, 2.24) is 14.8 Å². The maximum atomic E-state index is 12.1. The number of hydrogen-bond donors (Lipinski definition) is 3. The third-order valence-corrected chi connectivity index (χ3v) is 3.92. The van der Waals surface area contributed by atoms with Gasteiger partial charge >= 0.3 is 0 Å². The van der Waals surface area contributed by atoms with E-state index in [0.29, 0.717) is 18.8 Å². The summed E-state index contributed by atoms with van der Waals surface area (Å²) in [7, 11) is -3.59. The standard InChI is InChI=1S/C10H15N5O2S/c1-2-15-7-10(3-9(15)4-11)18(16,17)14-8-5-12-13-6-8/h3,5-7,14H,2,4,11H2,1H3,(H,12,13). The minimum atomic E-state index is -3.59. The first kappa shape index (κ1) is 12.7. The Morgan fingerprint density at radius 2 is 2.33 bits per heavy atom. The van der Waals surface area contributed by atoms with Crippen molar-refractivity contribution >= 4 is 15.7 Å². The first-order valence-corrected chi connectivity index (χ1v) is 6.96. The van der Waals surface area contributed by atoms with Gasteiger partial charge in [-0.1, -0.05) is 0 Å². The normalized spacial score (nSPS) is 11.7. The molecule has 0 aliphatic heterocycles. The number of aromatic amines is 1. The summed E-state index contributed by atoms with van der Waals surface area (Å²) in [6, 6.07) is 1.58. The molecular formula is C10H15N5O2S. The number of H-pyrrole nitrogens is 1. The molecule has 18 heavy (non-hydrogen) atoms. The van der Waals surface area contributed by atoms with Crippen molar-refractivity contribution in [3.63, 3.8) is 0 Å². The van der Waals surface area contributed by atoms with E-state index in [4.69, 9.17) is 5.73 Å². The Labute approximate surface area is 105 Å². The molecule has 2 aromatic heterocycles. The molecule has 98 valence electrons. The highest BCUT2D eigenvalue weighted by Crippen LogP contribution is 2.17. The fraction of sp³-hybridized carbons (Fsp3) is 0.300. The Hall–Kier alpha value is -1.80. The van der Waals surface area contributed by atoms with Crippen molar-refractivity contribution in [2.75, 3.05) is 4.72 Å². The second-order valence-electron chi connectivity index (χ2n) is 3.75. The van der Waals surface area contributed by atoms with Crippen LogP contribution in [0.5, 0.6) is 0 Å². The first-order chi connectivity index (χ1) is 8.56. The van der Waals surface area contributed by atoms with E-state index in [1.807, 2.05) is 11.5 Å². The minimum Gasteiger partial charge on any atom is -0.349 e. The van der Waals surface area contributed by atoms with Crippen LogP contribution >= 0.6 is 0 Å². The van der Waals surface area contributed by atoms with Crippen LogP contribution < -0.4 is 10.5 Å². The van der Waals surface area contributed by atoms with Crippen LogP contribution in [-0.2, 0) is 23.1 Å². The third kappa shape index (κ3) is 2.39. The van der Waals surface area contributed by atoms with Crippen LogP contribution in [-0.4, -0.2) is 23.2 Å². The van der Waals surface area contributed by atoms with E-state index in [0.717, 1.165) is 5.69 Å². The maximum Gasteiger partial charge on any atom is 0.263 e. The van der Waals surface area contributed by atoms with E-state index in [-0.39, 0.29) is 4.90 Å². The zero-order valence-electron chi connectivity index (χ0n) is 9.92. The van der Waals surface area contributed by atoms with Crippen LogP contribution in [0.25, 0.3) is 0 Å². The monoisotopic (exact) mass is 269 g/mol. The molecule has 0 radical (unpaired) electrons. The van der Waals surface area contributed by atoms with Gasteiger partial charge in [0.15, 0.2) is 0 Å². The van der Waals surface area contributed by atoms with Crippen molar-refractivity contribution in [2.45, 2.75) is 24.9 Å². The highest BCUT2D eigenvalue weighted by Gasteiger charge is 2.18. The van der Waals surface area contributed by atoms with Crippen LogP contribution in [0.15, 0.2) is 29.6 Å². The molecule has 7 nitrogen and oxygen atoms in total. The molecule has 2 rings (SSSR count). The fourth-order valence-corrected chi connectivity index (χ4v) is 2.76. The van der Waals surface area contributed by atoms with Gasteiger partial charge in [0, 0.05) is 31.2 Å². The van der Waals surface area contributed by atoms with Gasteiger partial charge in [-0.15, -0.1) is 0 Å². The van der Waals surface area contributed by atoms with Crippen molar-refractivity contribution in [2.24, 2.45) is 5.73 Å². The van der Waals surface area contributed by atoms with Crippen LogP contribution in [0, 0.1) is 0 Å². The lowest BCUT2D eigenvalue weighted by Crippen LogP contribution is -2.11. The molecule has 0 atom stereocenters. The van der Waals surface area contributed by atoms with Crippen molar-refractivity contribution in [3.05, 3.63) is 30.4 Å². The summed E-state index contributed by atoms with van der Waals surface area (Å²) in [4.78, 5) is 0.200. The Morgan fingerprint density at radius 1 is 1.56 bits per heavy atom. The number of nitrogens with one attached hydrogen (secondary N) is 2. The summed E-state index contributed by atoms with van der Waals surface area (Å²) in [6.07, 6.45) is 4.45. The molecule has 0 bridgehead atoms. The SMILES string of the molecule is CCn1cc(S(=O)(=O)Nc2cn[nH]c2)cc1CN. The summed E-state index contributed by atoms with van der Waals surface area (Å²) in [6.45, 7) is 2.90. The zero-order valence-corrected chi connectivity index (χ0v) is 10.7. The largest absolute Gasteiger partial charge is 0.349 e. The third-order valence-electron chi connectivity index (χ3n) is 2.57. The van der Waals surface area contributed by atoms with E-state index < -0.39 is 10.0 Å².